The first-order valence-electron chi connectivity index (χ1n) is 3.93. The van der Waals surface area contributed by atoms with Crippen LogP contribution in [-0.4, -0.2) is 35.7 Å². The van der Waals surface area contributed by atoms with E-state index in [1.54, 1.807) is 0 Å². The topological polar surface area (TPSA) is 58.9 Å². The van der Waals surface area contributed by atoms with Gasteiger partial charge in [-0.1, -0.05) is 13.8 Å². The zero-order valence-electron chi connectivity index (χ0n) is 7.86. The third kappa shape index (κ3) is 7.62. The molecule has 0 amide bonds. The Bertz CT molecular complexity index is 134. The van der Waals surface area contributed by atoms with Crippen LogP contribution in [-0.2, 0) is 9.05 Å². The van der Waals surface area contributed by atoms with Crippen LogP contribution in [0.25, 0.3) is 0 Å². The van der Waals surface area contributed by atoms with E-state index in [9.17, 15) is 0 Å². The summed E-state index contributed by atoms with van der Waals surface area (Å²) in [6, 6.07) is 0. The van der Waals surface area contributed by atoms with Gasteiger partial charge < -0.3 is 19.0 Å². The lowest BCUT2D eigenvalue weighted by molar-refractivity contribution is 0.0839. The van der Waals surface area contributed by atoms with Crippen LogP contribution < -0.4 is 0 Å². The molecule has 6 heteroatoms. The van der Waals surface area contributed by atoms with E-state index in [2.05, 4.69) is 0 Å². The van der Waals surface area contributed by atoms with Crippen molar-refractivity contribution in [1.82, 2.24) is 0 Å². The van der Waals surface area contributed by atoms with E-state index in [4.69, 9.17) is 30.6 Å². The van der Waals surface area contributed by atoms with Gasteiger partial charge in [-0.15, -0.1) is 11.6 Å². The van der Waals surface area contributed by atoms with Crippen LogP contribution in [0, 0.1) is 5.41 Å². The van der Waals surface area contributed by atoms with E-state index in [1.807, 2.05) is 13.8 Å². The number of aliphatic hydroxyl groups is 1. The van der Waals surface area contributed by atoms with E-state index < -0.39 is 8.60 Å². The van der Waals surface area contributed by atoms with Crippen LogP contribution in [0.1, 0.15) is 13.8 Å². The minimum atomic E-state index is -1.85. The van der Waals surface area contributed by atoms with Gasteiger partial charge in [0, 0.05) is 11.3 Å². The molecular weight excluding hydrogens is 214 g/mol. The van der Waals surface area contributed by atoms with Gasteiger partial charge in [-0.3, -0.25) is 0 Å². The Labute approximate surface area is 84.8 Å². The molecule has 0 aliphatic rings. The van der Waals surface area contributed by atoms with Crippen molar-refractivity contribution in [3.63, 3.8) is 0 Å². The first-order valence-corrected chi connectivity index (χ1v) is 5.60. The van der Waals surface area contributed by atoms with Crippen molar-refractivity contribution in [3.8, 4) is 0 Å². The van der Waals surface area contributed by atoms with E-state index in [-0.39, 0.29) is 25.2 Å². The molecule has 0 bridgehead atoms. The Morgan fingerprint density at radius 2 is 2.00 bits per heavy atom. The second-order valence-electron chi connectivity index (χ2n) is 3.36. The number of halogens is 1. The molecule has 0 aromatic rings. The van der Waals surface area contributed by atoms with Crippen LogP contribution in [0.4, 0.5) is 0 Å². The largest absolute Gasteiger partial charge is 0.396 e. The molecule has 0 aromatic carbocycles. The van der Waals surface area contributed by atoms with Crippen molar-refractivity contribution in [1.29, 1.82) is 0 Å². The van der Waals surface area contributed by atoms with Crippen molar-refractivity contribution in [3.05, 3.63) is 0 Å². The van der Waals surface area contributed by atoms with Crippen molar-refractivity contribution in [2.45, 2.75) is 13.8 Å². The maximum absolute atomic E-state index is 9.12. The molecule has 0 rings (SSSR count). The molecule has 0 heterocycles. The number of aliphatic hydroxyl groups excluding tert-OH is 1. The Morgan fingerprint density at radius 1 is 1.38 bits per heavy atom. The molecule has 0 aromatic heterocycles. The van der Waals surface area contributed by atoms with E-state index in [0.29, 0.717) is 5.88 Å². The molecule has 0 spiro atoms. The Hall–Kier alpha value is 0.560. The molecule has 0 aliphatic carbocycles. The minimum Gasteiger partial charge on any atom is -0.396 e. The first-order chi connectivity index (χ1) is 6.02. The summed E-state index contributed by atoms with van der Waals surface area (Å²) in [7, 11) is -1.85. The van der Waals surface area contributed by atoms with Crippen LogP contribution in [0.3, 0.4) is 0 Å². The summed E-state index contributed by atoms with van der Waals surface area (Å²) in [6.07, 6.45) is 0. The first kappa shape index (κ1) is 13.6. The second kappa shape index (κ2) is 6.93. The average molecular weight is 231 g/mol. The van der Waals surface area contributed by atoms with Crippen molar-refractivity contribution >= 4 is 20.2 Å². The highest BCUT2D eigenvalue weighted by Gasteiger charge is 2.19. The Balaban J connectivity index is 3.51. The third-order valence-electron chi connectivity index (χ3n) is 1.27. The number of hydrogen-bond donors (Lipinski definition) is 2. The lowest BCUT2D eigenvalue weighted by Crippen LogP contribution is -2.22. The SMILES string of the molecule is CC(C)(CO)COP(O)OCCCl. The molecule has 80 valence electrons. The lowest BCUT2D eigenvalue weighted by atomic mass is 9.97. The summed E-state index contributed by atoms with van der Waals surface area (Å²) in [6.45, 7) is 4.19. The maximum atomic E-state index is 9.12. The molecule has 0 aliphatic heterocycles. The van der Waals surface area contributed by atoms with Crippen molar-refractivity contribution in [2.24, 2.45) is 5.41 Å². The average Bonchev–Trinajstić information content (AvgIpc) is 2.11. The highest BCUT2D eigenvalue weighted by Crippen LogP contribution is 2.34. The third-order valence-corrected chi connectivity index (χ3v) is 2.18. The molecule has 0 saturated heterocycles. The van der Waals surface area contributed by atoms with Gasteiger partial charge >= 0.3 is 8.60 Å². The summed E-state index contributed by atoms with van der Waals surface area (Å²) < 4.78 is 9.79. The lowest BCUT2D eigenvalue weighted by Gasteiger charge is -2.22. The fourth-order valence-electron chi connectivity index (χ4n) is 0.425. The Kier molecular flexibility index (Phi) is 7.23. The number of hydrogen-bond acceptors (Lipinski definition) is 4. The highest BCUT2D eigenvalue weighted by molar-refractivity contribution is 7.40. The zero-order valence-corrected chi connectivity index (χ0v) is 9.51. The van der Waals surface area contributed by atoms with Gasteiger partial charge in [0.1, 0.15) is 0 Å². The van der Waals surface area contributed by atoms with Gasteiger partial charge in [-0.25, -0.2) is 0 Å². The van der Waals surface area contributed by atoms with Gasteiger partial charge in [0.2, 0.25) is 0 Å². The normalized spacial score (nSPS) is 14.5. The van der Waals surface area contributed by atoms with E-state index >= 15 is 0 Å². The quantitative estimate of drug-likeness (QED) is 0.514. The highest BCUT2D eigenvalue weighted by atomic mass is 35.5. The van der Waals surface area contributed by atoms with E-state index in [0.717, 1.165) is 0 Å². The van der Waals surface area contributed by atoms with Gasteiger partial charge in [0.25, 0.3) is 0 Å². The van der Waals surface area contributed by atoms with Crippen LogP contribution in [0.5, 0.6) is 0 Å². The van der Waals surface area contributed by atoms with Gasteiger partial charge in [-0.05, 0) is 0 Å². The summed E-state index contributed by atoms with van der Waals surface area (Å²) in [5.41, 5.74) is -0.354. The summed E-state index contributed by atoms with van der Waals surface area (Å²) >= 11 is 5.34. The molecule has 1 unspecified atom stereocenters. The van der Waals surface area contributed by atoms with Gasteiger partial charge in [0.15, 0.2) is 0 Å². The second-order valence-corrected chi connectivity index (χ2v) is 4.73. The number of rotatable bonds is 7. The fraction of sp³-hybridized carbons (Fsp3) is 1.00. The monoisotopic (exact) mass is 230 g/mol. The predicted octanol–water partition coefficient (Wildman–Crippen LogP) is 1.50. The molecule has 1 atom stereocenters. The molecule has 0 radical (unpaired) electrons. The zero-order chi connectivity index (χ0) is 10.3. The van der Waals surface area contributed by atoms with Gasteiger partial charge in [-0.2, -0.15) is 0 Å². The standard InChI is InChI=1S/C7H16ClO4P/c1-7(2,5-9)6-12-13(10)11-4-3-8/h9-10H,3-6H2,1-2H3. The van der Waals surface area contributed by atoms with Crippen LogP contribution in [0.15, 0.2) is 0 Å². The molecule has 0 fully saturated rings. The molecular formula is C7H16ClO4P. The van der Waals surface area contributed by atoms with Crippen LogP contribution >= 0.6 is 20.2 Å². The minimum absolute atomic E-state index is 0.00563. The summed E-state index contributed by atoms with van der Waals surface area (Å²) in [4.78, 5) is 9.12. The predicted molar refractivity (Wildman–Crippen MR) is 52.6 cm³/mol. The molecule has 0 saturated carbocycles. The molecule has 4 nitrogen and oxygen atoms in total. The maximum Gasteiger partial charge on any atom is 0.329 e. The fourth-order valence-corrected chi connectivity index (χ4v) is 1.39. The Morgan fingerprint density at radius 3 is 2.46 bits per heavy atom. The van der Waals surface area contributed by atoms with E-state index in [1.165, 1.54) is 0 Å². The van der Waals surface area contributed by atoms with Crippen molar-refractivity contribution < 1.29 is 19.0 Å². The smallest absolute Gasteiger partial charge is 0.329 e. The molecule has 13 heavy (non-hydrogen) atoms. The molecule has 2 N–H and O–H groups in total. The number of alkyl halides is 1. The summed E-state index contributed by atoms with van der Waals surface area (Å²) in [5.74, 6) is 0.326. The van der Waals surface area contributed by atoms with Crippen LogP contribution in [0.2, 0.25) is 0 Å². The van der Waals surface area contributed by atoms with Crippen molar-refractivity contribution in [2.75, 3.05) is 25.7 Å². The van der Waals surface area contributed by atoms with Gasteiger partial charge in [0.05, 0.1) is 19.8 Å². The summed E-state index contributed by atoms with van der Waals surface area (Å²) in [5, 5.41) is 8.87.